The van der Waals surface area contributed by atoms with E-state index in [9.17, 15) is 9.59 Å². The Hall–Kier alpha value is -3.08. The van der Waals surface area contributed by atoms with E-state index in [0.29, 0.717) is 27.2 Å². The Morgan fingerprint density at radius 3 is 2.94 bits per heavy atom. The second kappa shape index (κ2) is 8.69. The van der Waals surface area contributed by atoms with Crippen LogP contribution in [0.3, 0.4) is 0 Å². The zero-order valence-electron chi connectivity index (χ0n) is 18.0. The molecule has 4 heterocycles. The highest BCUT2D eigenvalue weighted by Crippen LogP contribution is 2.40. The van der Waals surface area contributed by atoms with Gasteiger partial charge < -0.3 is 24.3 Å². The van der Waals surface area contributed by atoms with Gasteiger partial charge in [0.25, 0.3) is 5.91 Å². The van der Waals surface area contributed by atoms with Crippen molar-refractivity contribution in [2.45, 2.75) is 18.7 Å². The normalized spacial score (nSPS) is 19.2. The quantitative estimate of drug-likeness (QED) is 0.574. The number of aromatic nitrogens is 2. The van der Waals surface area contributed by atoms with E-state index in [1.165, 1.54) is 11.3 Å². The summed E-state index contributed by atoms with van der Waals surface area (Å²) >= 11 is 7.10. The number of benzene rings is 1. The molecule has 11 heteroatoms. The highest BCUT2D eigenvalue weighted by atomic mass is 35.5. The van der Waals surface area contributed by atoms with Crippen molar-refractivity contribution in [1.82, 2.24) is 19.8 Å². The fourth-order valence-corrected chi connectivity index (χ4v) is 4.99. The SMILES string of the molecule is CN(C)Cc1nccn1-c1ccc2c(c1)OC[C@H]1[C@H](CNC(=O)c3ccc(Cl)s3)OC(=O)N21. The fourth-order valence-electron chi connectivity index (χ4n) is 4.03. The molecule has 9 nitrogen and oxygen atoms in total. The summed E-state index contributed by atoms with van der Waals surface area (Å²) in [6.07, 6.45) is 2.68. The summed E-state index contributed by atoms with van der Waals surface area (Å²) in [6, 6.07) is 8.68. The molecular formula is C22H22ClN5O4S. The van der Waals surface area contributed by atoms with Gasteiger partial charge in [-0.2, -0.15) is 0 Å². The summed E-state index contributed by atoms with van der Waals surface area (Å²) in [5, 5.41) is 2.82. The first kappa shape index (κ1) is 21.7. The van der Waals surface area contributed by atoms with Crippen LogP contribution in [0.25, 0.3) is 5.69 Å². The van der Waals surface area contributed by atoms with Gasteiger partial charge in [-0.05, 0) is 38.4 Å². The number of thiophene rings is 1. The third-order valence-corrected chi connectivity index (χ3v) is 6.77. The van der Waals surface area contributed by atoms with Gasteiger partial charge in [-0.25, -0.2) is 9.78 Å². The molecule has 0 unspecified atom stereocenters. The molecule has 1 aromatic carbocycles. The Bertz CT molecular complexity index is 1210. The van der Waals surface area contributed by atoms with Crippen LogP contribution in [0.15, 0.2) is 42.7 Å². The van der Waals surface area contributed by atoms with E-state index in [2.05, 4.69) is 10.3 Å². The number of imidazole rings is 1. The molecule has 0 bridgehead atoms. The van der Waals surface area contributed by atoms with Crippen molar-refractivity contribution in [2.75, 3.05) is 32.1 Å². The van der Waals surface area contributed by atoms with Crippen molar-refractivity contribution in [1.29, 1.82) is 0 Å². The number of amides is 2. The lowest BCUT2D eigenvalue weighted by Gasteiger charge is -2.31. The Kier molecular flexibility index (Phi) is 5.73. The number of cyclic esters (lactones) is 1. The van der Waals surface area contributed by atoms with Crippen LogP contribution in [0.2, 0.25) is 4.34 Å². The highest BCUT2D eigenvalue weighted by Gasteiger charge is 2.46. The first-order chi connectivity index (χ1) is 15.9. The second-order valence-corrected chi connectivity index (χ2v) is 9.80. The van der Waals surface area contributed by atoms with E-state index >= 15 is 0 Å². The van der Waals surface area contributed by atoms with Gasteiger partial charge in [0, 0.05) is 18.5 Å². The monoisotopic (exact) mass is 487 g/mol. The summed E-state index contributed by atoms with van der Waals surface area (Å²) in [5.74, 6) is 1.25. The number of anilines is 1. The Balaban J connectivity index is 1.32. The van der Waals surface area contributed by atoms with Gasteiger partial charge in [0.05, 0.1) is 33.7 Å². The van der Waals surface area contributed by atoms with Crippen LogP contribution in [-0.4, -0.2) is 65.8 Å². The fraction of sp³-hybridized carbons (Fsp3) is 0.318. The molecule has 2 aromatic heterocycles. The lowest BCUT2D eigenvalue weighted by atomic mass is 10.1. The number of carbonyl (C=O) groups is 2. The first-order valence-electron chi connectivity index (χ1n) is 10.4. The molecule has 2 amide bonds. The van der Waals surface area contributed by atoms with Crippen LogP contribution in [0.5, 0.6) is 5.75 Å². The standard InChI is InChI=1S/C22H22ClN5O4S/c1-26(2)11-20-24-7-8-27(20)13-3-4-14-16(9-13)31-12-15-17(32-22(30)28(14)15)10-25-21(29)18-5-6-19(23)33-18/h3-9,15,17H,10-12H2,1-2H3,(H,25,29)/t15-,17-/m0/s1. The maximum Gasteiger partial charge on any atom is 0.415 e. The van der Waals surface area contributed by atoms with Gasteiger partial charge in [0.1, 0.15) is 30.3 Å². The smallest absolute Gasteiger partial charge is 0.415 e. The number of nitrogens with zero attached hydrogens (tertiary/aromatic N) is 4. The maximum atomic E-state index is 12.7. The molecule has 2 aliphatic rings. The van der Waals surface area contributed by atoms with E-state index in [4.69, 9.17) is 21.1 Å². The third-order valence-electron chi connectivity index (χ3n) is 5.54. The minimum absolute atomic E-state index is 0.182. The first-order valence-corrected chi connectivity index (χ1v) is 11.6. The molecule has 1 fully saturated rings. The molecule has 1 N–H and O–H groups in total. The topological polar surface area (TPSA) is 88.9 Å². The third kappa shape index (κ3) is 4.17. The Morgan fingerprint density at radius 1 is 1.33 bits per heavy atom. The van der Waals surface area contributed by atoms with Crippen LogP contribution < -0.4 is 15.0 Å². The summed E-state index contributed by atoms with van der Waals surface area (Å²) in [6.45, 7) is 1.14. The zero-order valence-corrected chi connectivity index (χ0v) is 19.6. The van der Waals surface area contributed by atoms with Gasteiger partial charge in [-0.1, -0.05) is 11.6 Å². The molecule has 5 rings (SSSR count). The molecule has 2 aliphatic heterocycles. The van der Waals surface area contributed by atoms with Crippen molar-refractivity contribution in [3.8, 4) is 11.4 Å². The van der Waals surface area contributed by atoms with Gasteiger partial charge in [-0.3, -0.25) is 9.69 Å². The van der Waals surface area contributed by atoms with Gasteiger partial charge >= 0.3 is 6.09 Å². The number of hydrogen-bond acceptors (Lipinski definition) is 7. The van der Waals surface area contributed by atoms with Crippen LogP contribution in [0.1, 0.15) is 15.5 Å². The van der Waals surface area contributed by atoms with E-state index in [1.54, 1.807) is 23.2 Å². The molecule has 0 saturated carbocycles. The van der Waals surface area contributed by atoms with E-state index in [0.717, 1.165) is 11.5 Å². The molecule has 0 aliphatic carbocycles. The highest BCUT2D eigenvalue weighted by molar-refractivity contribution is 7.18. The predicted octanol–water partition coefficient (Wildman–Crippen LogP) is 3.17. The summed E-state index contributed by atoms with van der Waals surface area (Å²) in [5.41, 5.74) is 1.54. The molecule has 3 aromatic rings. The molecule has 0 spiro atoms. The minimum Gasteiger partial charge on any atom is -0.489 e. The molecule has 2 atom stereocenters. The lowest BCUT2D eigenvalue weighted by molar-refractivity contribution is 0.0890. The van der Waals surface area contributed by atoms with Crippen molar-refractivity contribution in [2.24, 2.45) is 0 Å². The van der Waals surface area contributed by atoms with Crippen LogP contribution in [-0.2, 0) is 11.3 Å². The van der Waals surface area contributed by atoms with Crippen molar-refractivity contribution < 1.29 is 19.1 Å². The number of carbonyl (C=O) groups excluding carboxylic acids is 2. The molecular weight excluding hydrogens is 466 g/mol. The number of hydrogen-bond donors (Lipinski definition) is 1. The van der Waals surface area contributed by atoms with Crippen molar-refractivity contribution in [3.05, 3.63) is 57.8 Å². The summed E-state index contributed by atoms with van der Waals surface area (Å²) in [4.78, 5) is 33.6. The molecule has 1 saturated heterocycles. The number of rotatable bonds is 6. The summed E-state index contributed by atoms with van der Waals surface area (Å²) in [7, 11) is 3.98. The van der Waals surface area contributed by atoms with Crippen LogP contribution in [0.4, 0.5) is 10.5 Å². The number of nitrogens with one attached hydrogen (secondary N) is 1. The summed E-state index contributed by atoms with van der Waals surface area (Å²) < 4.78 is 14.1. The number of ether oxygens (including phenoxy) is 2. The second-order valence-electron chi connectivity index (χ2n) is 8.09. The lowest BCUT2D eigenvalue weighted by Crippen LogP contribution is -2.47. The Labute approximate surface area is 199 Å². The molecule has 0 radical (unpaired) electrons. The largest absolute Gasteiger partial charge is 0.489 e. The number of halogens is 1. The predicted molar refractivity (Wildman–Crippen MR) is 125 cm³/mol. The van der Waals surface area contributed by atoms with Crippen LogP contribution in [0, 0.1) is 0 Å². The van der Waals surface area contributed by atoms with Gasteiger partial charge in [-0.15, -0.1) is 11.3 Å². The van der Waals surface area contributed by atoms with E-state index < -0.39 is 12.2 Å². The maximum absolute atomic E-state index is 12.7. The average Bonchev–Trinajstić information content (AvgIpc) is 3.50. The molecule has 33 heavy (non-hydrogen) atoms. The van der Waals surface area contributed by atoms with E-state index in [1.807, 2.05) is 48.0 Å². The molecule has 172 valence electrons. The van der Waals surface area contributed by atoms with Gasteiger partial charge in [0.2, 0.25) is 0 Å². The van der Waals surface area contributed by atoms with Crippen molar-refractivity contribution >= 4 is 40.6 Å². The average molecular weight is 488 g/mol. The van der Waals surface area contributed by atoms with Crippen molar-refractivity contribution in [3.63, 3.8) is 0 Å². The minimum atomic E-state index is -0.523. The zero-order chi connectivity index (χ0) is 23.1. The Morgan fingerprint density at radius 2 is 2.18 bits per heavy atom. The van der Waals surface area contributed by atoms with Crippen LogP contribution >= 0.6 is 22.9 Å². The van der Waals surface area contributed by atoms with Gasteiger partial charge in [0.15, 0.2) is 0 Å². The van der Waals surface area contributed by atoms with E-state index in [-0.39, 0.29) is 25.1 Å². The number of fused-ring (bicyclic) bond motifs is 3.